The maximum atomic E-state index is 12.4. The van der Waals surface area contributed by atoms with Crippen LogP contribution in [0.25, 0.3) is 11.0 Å². The molecule has 0 saturated carbocycles. The van der Waals surface area contributed by atoms with Crippen LogP contribution in [0.3, 0.4) is 0 Å². The lowest BCUT2D eigenvalue weighted by molar-refractivity contribution is 0.0954. The highest BCUT2D eigenvalue weighted by atomic mass is 16.5. The number of fused-ring (bicyclic) bond motifs is 1. The second-order valence-corrected chi connectivity index (χ2v) is 6.12. The van der Waals surface area contributed by atoms with Crippen molar-refractivity contribution in [2.75, 3.05) is 20.8 Å². The average molecular weight is 353 g/mol. The van der Waals surface area contributed by atoms with Crippen molar-refractivity contribution in [1.29, 1.82) is 0 Å². The van der Waals surface area contributed by atoms with Gasteiger partial charge in [0, 0.05) is 19.2 Å². The zero-order valence-corrected chi connectivity index (χ0v) is 15.5. The van der Waals surface area contributed by atoms with Crippen LogP contribution in [0.2, 0.25) is 0 Å². The first kappa shape index (κ1) is 17.8. The van der Waals surface area contributed by atoms with Crippen molar-refractivity contribution in [1.82, 2.24) is 14.9 Å². The van der Waals surface area contributed by atoms with Gasteiger partial charge in [0.2, 0.25) is 0 Å². The molecule has 6 nitrogen and oxygen atoms in total. The smallest absolute Gasteiger partial charge is 0.251 e. The zero-order valence-electron chi connectivity index (χ0n) is 15.5. The van der Waals surface area contributed by atoms with Crippen LogP contribution in [0.5, 0.6) is 11.5 Å². The summed E-state index contributed by atoms with van der Waals surface area (Å²) >= 11 is 0. The summed E-state index contributed by atoms with van der Waals surface area (Å²) in [5.41, 5.74) is 3.53. The summed E-state index contributed by atoms with van der Waals surface area (Å²) in [6.45, 7) is 2.48. The summed E-state index contributed by atoms with van der Waals surface area (Å²) in [5.74, 6) is 2.20. The van der Waals surface area contributed by atoms with Crippen LogP contribution < -0.4 is 14.8 Å². The van der Waals surface area contributed by atoms with Gasteiger partial charge in [-0.15, -0.1) is 0 Å². The van der Waals surface area contributed by atoms with Gasteiger partial charge in [-0.25, -0.2) is 4.98 Å². The van der Waals surface area contributed by atoms with Crippen LogP contribution in [0.15, 0.2) is 36.4 Å². The van der Waals surface area contributed by atoms with Crippen LogP contribution >= 0.6 is 0 Å². The number of hydrogen-bond donors (Lipinski definition) is 1. The first-order valence-corrected chi connectivity index (χ1v) is 8.45. The predicted octanol–water partition coefficient (Wildman–Crippen LogP) is 2.87. The molecule has 136 valence electrons. The van der Waals surface area contributed by atoms with Crippen LogP contribution in [0.1, 0.15) is 21.7 Å². The lowest BCUT2D eigenvalue weighted by atomic mass is 10.1. The number of methoxy groups -OCH3 is 2. The Morgan fingerprint density at radius 2 is 1.88 bits per heavy atom. The first-order chi connectivity index (χ1) is 12.5. The Labute approximate surface area is 152 Å². The fourth-order valence-corrected chi connectivity index (χ4v) is 2.92. The first-order valence-electron chi connectivity index (χ1n) is 8.45. The number of hydrogen-bond acceptors (Lipinski definition) is 4. The van der Waals surface area contributed by atoms with Crippen molar-refractivity contribution in [3.05, 3.63) is 53.3 Å². The molecule has 0 fully saturated rings. The van der Waals surface area contributed by atoms with Crippen LogP contribution in [-0.2, 0) is 13.5 Å². The second kappa shape index (κ2) is 7.47. The number of carbonyl (C=O) groups excluding carboxylic acids is 1. The Hall–Kier alpha value is -3.02. The summed E-state index contributed by atoms with van der Waals surface area (Å²) in [6.07, 6.45) is 0.705. The number of rotatable bonds is 6. The summed E-state index contributed by atoms with van der Waals surface area (Å²) < 4.78 is 12.5. The molecule has 2 aromatic carbocycles. The topological polar surface area (TPSA) is 65.4 Å². The van der Waals surface area contributed by atoms with Gasteiger partial charge < -0.3 is 19.4 Å². The van der Waals surface area contributed by atoms with Crippen LogP contribution in [0.4, 0.5) is 0 Å². The normalized spacial score (nSPS) is 10.8. The number of amides is 1. The fraction of sp³-hybridized carbons (Fsp3) is 0.300. The summed E-state index contributed by atoms with van der Waals surface area (Å²) in [4.78, 5) is 16.9. The van der Waals surface area contributed by atoms with Crippen LogP contribution in [-0.4, -0.2) is 36.2 Å². The Kier molecular flexibility index (Phi) is 5.11. The lowest BCUT2D eigenvalue weighted by Crippen LogP contribution is -2.25. The Morgan fingerprint density at radius 3 is 2.62 bits per heavy atom. The molecule has 1 N–H and O–H groups in total. The molecule has 0 unspecified atom stereocenters. The van der Waals surface area contributed by atoms with E-state index in [0.717, 1.165) is 22.4 Å². The SMILES string of the molecule is COc1ccc(CCNC(=O)c2ccc3c(c2)nc(C)n3C)cc1OC. The minimum absolute atomic E-state index is 0.101. The largest absolute Gasteiger partial charge is 0.493 e. The van der Waals surface area contributed by atoms with E-state index in [0.29, 0.717) is 30.0 Å². The molecule has 3 rings (SSSR count). The third-order valence-electron chi connectivity index (χ3n) is 4.51. The van der Waals surface area contributed by atoms with E-state index in [1.54, 1.807) is 14.2 Å². The van der Waals surface area contributed by atoms with Gasteiger partial charge in [0.1, 0.15) is 5.82 Å². The van der Waals surface area contributed by atoms with Gasteiger partial charge in [-0.3, -0.25) is 4.79 Å². The lowest BCUT2D eigenvalue weighted by Gasteiger charge is -2.10. The molecule has 0 atom stereocenters. The molecule has 0 bridgehead atoms. The number of ether oxygens (including phenoxy) is 2. The number of aromatic nitrogens is 2. The van der Waals surface area contributed by atoms with Crippen molar-refractivity contribution >= 4 is 16.9 Å². The quantitative estimate of drug-likeness (QED) is 0.740. The van der Waals surface area contributed by atoms with Crippen molar-refractivity contribution < 1.29 is 14.3 Å². The molecule has 0 spiro atoms. The Bertz CT molecular complexity index is 947. The third kappa shape index (κ3) is 3.49. The standard InChI is InChI=1S/C20H23N3O3/c1-13-22-16-12-15(6-7-17(16)23(13)2)20(24)21-10-9-14-5-8-18(25-3)19(11-14)26-4/h5-8,11-12H,9-10H2,1-4H3,(H,21,24). The van der Waals surface area contributed by atoms with Gasteiger partial charge >= 0.3 is 0 Å². The van der Waals surface area contributed by atoms with Gasteiger partial charge in [-0.05, 0) is 49.2 Å². The molecule has 0 radical (unpaired) electrons. The van der Waals surface area contributed by atoms with E-state index in [4.69, 9.17) is 9.47 Å². The van der Waals surface area contributed by atoms with Gasteiger partial charge in [0.25, 0.3) is 5.91 Å². The monoisotopic (exact) mass is 353 g/mol. The molecule has 0 aliphatic heterocycles. The minimum atomic E-state index is -0.101. The molecular weight excluding hydrogens is 330 g/mol. The molecule has 0 aliphatic rings. The molecule has 26 heavy (non-hydrogen) atoms. The van der Waals surface area contributed by atoms with Crippen molar-refractivity contribution in [2.24, 2.45) is 7.05 Å². The highest BCUT2D eigenvalue weighted by Crippen LogP contribution is 2.27. The van der Waals surface area contributed by atoms with Gasteiger partial charge in [-0.2, -0.15) is 0 Å². The fourth-order valence-electron chi connectivity index (χ4n) is 2.92. The molecule has 6 heteroatoms. The molecule has 0 aliphatic carbocycles. The van der Waals surface area contributed by atoms with E-state index < -0.39 is 0 Å². The molecular formula is C20H23N3O3. The number of nitrogens with one attached hydrogen (secondary N) is 1. The van der Waals surface area contributed by atoms with E-state index in [1.165, 1.54) is 0 Å². The van der Waals surface area contributed by atoms with Gasteiger partial charge in [-0.1, -0.05) is 6.07 Å². The van der Waals surface area contributed by atoms with Crippen molar-refractivity contribution in [3.8, 4) is 11.5 Å². The van der Waals surface area contributed by atoms with E-state index in [2.05, 4.69) is 10.3 Å². The number of carbonyl (C=O) groups is 1. The van der Waals surface area contributed by atoms with E-state index in [1.807, 2.05) is 54.9 Å². The maximum Gasteiger partial charge on any atom is 0.251 e. The average Bonchev–Trinajstić information content (AvgIpc) is 2.94. The highest BCUT2D eigenvalue weighted by Gasteiger charge is 2.10. The van der Waals surface area contributed by atoms with Crippen molar-refractivity contribution in [2.45, 2.75) is 13.3 Å². The van der Waals surface area contributed by atoms with E-state index >= 15 is 0 Å². The number of aryl methyl sites for hydroxylation is 2. The molecule has 3 aromatic rings. The maximum absolute atomic E-state index is 12.4. The second-order valence-electron chi connectivity index (χ2n) is 6.12. The number of benzene rings is 2. The van der Waals surface area contributed by atoms with Crippen LogP contribution in [0, 0.1) is 6.92 Å². The third-order valence-corrected chi connectivity index (χ3v) is 4.51. The van der Waals surface area contributed by atoms with E-state index in [9.17, 15) is 4.79 Å². The Morgan fingerprint density at radius 1 is 1.12 bits per heavy atom. The van der Waals surface area contributed by atoms with Crippen molar-refractivity contribution in [3.63, 3.8) is 0 Å². The minimum Gasteiger partial charge on any atom is -0.493 e. The molecule has 1 heterocycles. The molecule has 1 amide bonds. The van der Waals surface area contributed by atoms with E-state index in [-0.39, 0.29) is 5.91 Å². The summed E-state index contributed by atoms with van der Waals surface area (Å²) in [5, 5.41) is 2.95. The zero-order chi connectivity index (χ0) is 18.7. The predicted molar refractivity (Wildman–Crippen MR) is 101 cm³/mol. The Balaban J connectivity index is 1.64. The summed E-state index contributed by atoms with van der Waals surface area (Å²) in [7, 11) is 5.18. The number of nitrogens with zero attached hydrogens (tertiary/aromatic N) is 2. The highest BCUT2D eigenvalue weighted by molar-refractivity contribution is 5.97. The summed E-state index contributed by atoms with van der Waals surface area (Å²) in [6, 6.07) is 11.3. The molecule has 1 aromatic heterocycles. The number of imidazole rings is 1. The van der Waals surface area contributed by atoms with Gasteiger partial charge in [0.15, 0.2) is 11.5 Å². The van der Waals surface area contributed by atoms with Gasteiger partial charge in [0.05, 0.1) is 25.3 Å². The molecule has 0 saturated heterocycles.